The van der Waals surface area contributed by atoms with Gasteiger partial charge in [-0.05, 0) is 42.4 Å². The fourth-order valence-electron chi connectivity index (χ4n) is 4.34. The van der Waals surface area contributed by atoms with E-state index < -0.39 is 30.4 Å². The van der Waals surface area contributed by atoms with Crippen molar-refractivity contribution < 1.29 is 32.9 Å². The zero-order chi connectivity index (χ0) is 25.7. The minimum atomic E-state index is -4.68. The topological polar surface area (TPSA) is 76.7 Å². The number of ether oxygens (including phenoxy) is 2. The number of alkyl halides is 3. The molecule has 2 N–H and O–H groups in total. The van der Waals surface area contributed by atoms with Crippen molar-refractivity contribution >= 4 is 11.8 Å². The molecule has 0 bridgehead atoms. The quantitative estimate of drug-likeness (QED) is 0.390. The van der Waals surface area contributed by atoms with Gasteiger partial charge in [0, 0.05) is 24.3 Å². The van der Waals surface area contributed by atoms with Gasteiger partial charge in [0.1, 0.15) is 5.69 Å². The molecule has 0 aliphatic carbocycles. The summed E-state index contributed by atoms with van der Waals surface area (Å²) in [5.41, 5.74) is 0.390. The second kappa shape index (κ2) is 11.7. The van der Waals surface area contributed by atoms with E-state index in [0.29, 0.717) is 24.0 Å². The maximum Gasteiger partial charge on any atom is 0.433 e. The third kappa shape index (κ3) is 6.61. The molecule has 0 unspecified atom stereocenters. The van der Waals surface area contributed by atoms with Crippen LogP contribution in [0.5, 0.6) is 5.88 Å². The van der Waals surface area contributed by atoms with Crippen LogP contribution >= 0.6 is 11.8 Å². The number of aromatic nitrogens is 2. The average molecular weight is 523 g/mol. The first-order valence-corrected chi connectivity index (χ1v) is 12.9. The molecule has 0 saturated carbocycles. The molecule has 194 valence electrons. The standard InChI is InChI=1S/C26H29F3N2O4S/c1-36-21-9-7-17(8-10-21)13-22-24(26(27,28)29)31(16-18-5-3-2-4-6-18)30-25(22)35-23-15-19(33)14-20(34-23)11-12-32/h2-10,19-20,23,32-33H,11-16H2,1H3/t19-,20+,23-/m0/s1. The zero-order valence-corrected chi connectivity index (χ0v) is 20.6. The third-order valence-electron chi connectivity index (χ3n) is 6.04. The number of aliphatic hydroxyl groups excluding tert-OH is 2. The van der Waals surface area contributed by atoms with Crippen LogP contribution in [0.15, 0.2) is 59.5 Å². The fraction of sp³-hybridized carbons (Fsp3) is 0.423. The van der Waals surface area contributed by atoms with Gasteiger partial charge in [0.15, 0.2) is 0 Å². The molecule has 6 nitrogen and oxygen atoms in total. The molecule has 1 saturated heterocycles. The van der Waals surface area contributed by atoms with Crippen LogP contribution in [0, 0.1) is 0 Å². The highest BCUT2D eigenvalue weighted by molar-refractivity contribution is 7.98. The Morgan fingerprint density at radius 2 is 1.81 bits per heavy atom. The summed E-state index contributed by atoms with van der Waals surface area (Å²) in [6.45, 7) is -0.218. The average Bonchev–Trinajstić information content (AvgIpc) is 3.16. The lowest BCUT2D eigenvalue weighted by Gasteiger charge is -2.32. The van der Waals surface area contributed by atoms with Crippen molar-refractivity contribution in [1.82, 2.24) is 9.78 Å². The van der Waals surface area contributed by atoms with Crippen LogP contribution < -0.4 is 4.74 Å². The molecule has 3 atom stereocenters. The molecule has 3 aromatic rings. The third-order valence-corrected chi connectivity index (χ3v) is 6.78. The summed E-state index contributed by atoms with van der Waals surface area (Å²) in [5, 5.41) is 23.7. The molecule has 1 fully saturated rings. The van der Waals surface area contributed by atoms with Crippen molar-refractivity contribution in [3.63, 3.8) is 0 Å². The van der Waals surface area contributed by atoms with E-state index in [9.17, 15) is 23.4 Å². The van der Waals surface area contributed by atoms with Crippen molar-refractivity contribution in [3.8, 4) is 5.88 Å². The number of benzene rings is 2. The first-order valence-electron chi connectivity index (χ1n) is 11.7. The van der Waals surface area contributed by atoms with E-state index in [1.165, 1.54) is 0 Å². The van der Waals surface area contributed by atoms with Gasteiger partial charge in [0.25, 0.3) is 0 Å². The monoisotopic (exact) mass is 522 g/mol. The molecule has 4 rings (SSSR count). The first-order chi connectivity index (χ1) is 17.3. The maximum absolute atomic E-state index is 14.4. The molecule has 2 aromatic carbocycles. The van der Waals surface area contributed by atoms with Gasteiger partial charge in [-0.15, -0.1) is 16.9 Å². The molecule has 0 radical (unpaired) electrons. The van der Waals surface area contributed by atoms with Crippen molar-refractivity contribution in [2.75, 3.05) is 12.9 Å². The van der Waals surface area contributed by atoms with E-state index in [1.54, 1.807) is 54.2 Å². The number of nitrogens with zero attached hydrogens (tertiary/aromatic N) is 2. The number of aliphatic hydroxyl groups is 2. The second-order valence-electron chi connectivity index (χ2n) is 8.74. The Balaban J connectivity index is 1.73. The van der Waals surface area contributed by atoms with Gasteiger partial charge in [-0.2, -0.15) is 13.2 Å². The minimum absolute atomic E-state index is 0.0387. The van der Waals surface area contributed by atoms with Crippen LogP contribution in [-0.2, 0) is 23.9 Å². The first kappa shape index (κ1) is 26.5. The van der Waals surface area contributed by atoms with Gasteiger partial charge in [-0.1, -0.05) is 42.5 Å². The SMILES string of the molecule is CSc1ccc(Cc2c(O[C@H]3C[C@@H](O)C[C@@H](CCO)O3)nn(Cc3ccccc3)c2C(F)(F)F)cc1. The molecule has 1 aliphatic rings. The van der Waals surface area contributed by atoms with Crippen LogP contribution in [0.4, 0.5) is 13.2 Å². The molecule has 1 aromatic heterocycles. The lowest BCUT2D eigenvalue weighted by molar-refractivity contribution is -0.180. The van der Waals surface area contributed by atoms with Crippen LogP contribution in [-0.4, -0.2) is 51.4 Å². The zero-order valence-electron chi connectivity index (χ0n) is 19.8. The summed E-state index contributed by atoms with van der Waals surface area (Å²) in [6.07, 6.45) is -4.27. The highest BCUT2D eigenvalue weighted by Gasteiger charge is 2.41. The summed E-state index contributed by atoms with van der Waals surface area (Å²) >= 11 is 1.55. The van der Waals surface area contributed by atoms with E-state index >= 15 is 0 Å². The number of hydrogen-bond acceptors (Lipinski definition) is 6. The summed E-state index contributed by atoms with van der Waals surface area (Å²) in [5.74, 6) is -0.172. The number of hydrogen-bond donors (Lipinski definition) is 2. The molecular formula is C26H29F3N2O4S. The number of rotatable bonds is 9. The van der Waals surface area contributed by atoms with Gasteiger partial charge < -0.3 is 19.7 Å². The van der Waals surface area contributed by atoms with Gasteiger partial charge in [0.2, 0.25) is 12.2 Å². The Morgan fingerprint density at radius 1 is 1.08 bits per heavy atom. The van der Waals surface area contributed by atoms with E-state index in [0.717, 1.165) is 9.58 Å². The predicted octanol–water partition coefficient (Wildman–Crippen LogP) is 4.89. The summed E-state index contributed by atoms with van der Waals surface area (Å²) < 4.78 is 55.9. The lowest BCUT2D eigenvalue weighted by Crippen LogP contribution is -2.39. The summed E-state index contributed by atoms with van der Waals surface area (Å²) in [6, 6.07) is 16.1. The maximum atomic E-state index is 14.4. The Hall–Kier alpha value is -2.53. The van der Waals surface area contributed by atoms with E-state index in [1.807, 2.05) is 18.4 Å². The van der Waals surface area contributed by atoms with Crippen molar-refractivity contribution in [3.05, 3.63) is 77.0 Å². The molecule has 2 heterocycles. The van der Waals surface area contributed by atoms with Crippen LogP contribution in [0.1, 0.15) is 41.6 Å². The van der Waals surface area contributed by atoms with Crippen LogP contribution in [0.25, 0.3) is 0 Å². The number of halogens is 3. The Kier molecular flexibility index (Phi) is 8.61. The Morgan fingerprint density at radius 3 is 2.44 bits per heavy atom. The molecule has 0 spiro atoms. The largest absolute Gasteiger partial charge is 0.446 e. The highest BCUT2D eigenvalue weighted by atomic mass is 32.2. The van der Waals surface area contributed by atoms with E-state index in [-0.39, 0.29) is 37.4 Å². The second-order valence-corrected chi connectivity index (χ2v) is 9.62. The smallest absolute Gasteiger partial charge is 0.433 e. The summed E-state index contributed by atoms with van der Waals surface area (Å²) in [7, 11) is 0. The van der Waals surface area contributed by atoms with Crippen LogP contribution in [0.2, 0.25) is 0 Å². The Bertz CT molecular complexity index is 1120. The molecule has 1 aliphatic heterocycles. The van der Waals surface area contributed by atoms with Crippen molar-refractivity contribution in [2.45, 2.75) is 61.8 Å². The number of thioether (sulfide) groups is 1. The molecule has 36 heavy (non-hydrogen) atoms. The van der Waals surface area contributed by atoms with Gasteiger partial charge in [-0.3, -0.25) is 4.68 Å². The van der Waals surface area contributed by atoms with Crippen molar-refractivity contribution in [2.24, 2.45) is 0 Å². The van der Waals surface area contributed by atoms with E-state index in [4.69, 9.17) is 9.47 Å². The van der Waals surface area contributed by atoms with E-state index in [2.05, 4.69) is 5.10 Å². The fourth-order valence-corrected chi connectivity index (χ4v) is 4.75. The Labute approximate surface area is 212 Å². The normalized spacial score (nSPS) is 20.4. The van der Waals surface area contributed by atoms with Crippen LogP contribution in [0.3, 0.4) is 0 Å². The van der Waals surface area contributed by atoms with Gasteiger partial charge in [-0.25, -0.2) is 0 Å². The molecule has 10 heteroatoms. The molecule has 0 amide bonds. The highest BCUT2D eigenvalue weighted by Crippen LogP contribution is 2.39. The predicted molar refractivity (Wildman–Crippen MR) is 130 cm³/mol. The molecular weight excluding hydrogens is 493 g/mol. The van der Waals surface area contributed by atoms with Crippen molar-refractivity contribution in [1.29, 1.82) is 0 Å². The van der Waals surface area contributed by atoms with Gasteiger partial charge in [0.05, 0.1) is 24.3 Å². The lowest BCUT2D eigenvalue weighted by atomic mass is 10.0. The minimum Gasteiger partial charge on any atom is -0.446 e. The summed E-state index contributed by atoms with van der Waals surface area (Å²) in [4.78, 5) is 1.01. The van der Waals surface area contributed by atoms with Gasteiger partial charge >= 0.3 is 6.18 Å².